The zero-order valence-electron chi connectivity index (χ0n) is 14.5. The van der Waals surface area contributed by atoms with Gasteiger partial charge in [-0.3, -0.25) is 14.8 Å². The van der Waals surface area contributed by atoms with Gasteiger partial charge in [0.15, 0.2) is 0 Å². The van der Waals surface area contributed by atoms with Crippen molar-refractivity contribution in [3.63, 3.8) is 0 Å². The van der Waals surface area contributed by atoms with Gasteiger partial charge in [0.25, 0.3) is 0 Å². The molecule has 1 aliphatic carbocycles. The second-order valence-corrected chi connectivity index (χ2v) is 7.13. The molecule has 1 saturated carbocycles. The van der Waals surface area contributed by atoms with Crippen LogP contribution in [0, 0.1) is 11.3 Å². The third kappa shape index (κ3) is 5.63. The van der Waals surface area contributed by atoms with Gasteiger partial charge in [0.2, 0.25) is 5.91 Å². The van der Waals surface area contributed by atoms with E-state index < -0.39 is 5.97 Å². The Hall–Kier alpha value is -1.89. The quantitative estimate of drug-likeness (QED) is 0.415. The molecule has 1 atom stereocenters. The van der Waals surface area contributed by atoms with E-state index in [0.29, 0.717) is 6.42 Å². The molecule has 24 heavy (non-hydrogen) atoms. The van der Waals surface area contributed by atoms with Crippen molar-refractivity contribution < 1.29 is 14.7 Å². The smallest absolute Gasteiger partial charge is 0.352 e. The van der Waals surface area contributed by atoms with Gasteiger partial charge < -0.3 is 10.4 Å². The van der Waals surface area contributed by atoms with Crippen LogP contribution in [0.5, 0.6) is 0 Å². The molecule has 0 aromatic rings. The van der Waals surface area contributed by atoms with Crippen LogP contribution in [0.4, 0.5) is 0 Å². The maximum absolute atomic E-state index is 12.0. The van der Waals surface area contributed by atoms with Crippen molar-refractivity contribution in [2.75, 3.05) is 19.6 Å². The second-order valence-electron chi connectivity index (χ2n) is 7.13. The first-order valence-corrected chi connectivity index (χ1v) is 8.64. The third-order valence-corrected chi connectivity index (χ3v) is 4.55. The summed E-state index contributed by atoms with van der Waals surface area (Å²) in [5.74, 6) is -1.32. The molecule has 1 unspecified atom stereocenters. The number of hydrogen-bond acceptors (Lipinski definition) is 5. The molecule has 2 aliphatic rings. The van der Waals surface area contributed by atoms with Crippen LogP contribution in [0.1, 0.15) is 46.0 Å². The fourth-order valence-corrected chi connectivity index (χ4v) is 2.74. The van der Waals surface area contributed by atoms with Crippen molar-refractivity contribution in [1.29, 1.82) is 0 Å². The summed E-state index contributed by atoms with van der Waals surface area (Å²) < 4.78 is 0. The van der Waals surface area contributed by atoms with Crippen molar-refractivity contribution in [1.82, 2.24) is 15.8 Å². The second kappa shape index (κ2) is 8.28. The average molecular weight is 336 g/mol. The Morgan fingerprint density at radius 1 is 1.38 bits per heavy atom. The summed E-state index contributed by atoms with van der Waals surface area (Å²) in [5, 5.41) is 13.8. The van der Waals surface area contributed by atoms with E-state index in [-0.39, 0.29) is 22.9 Å². The van der Waals surface area contributed by atoms with E-state index in [1.54, 1.807) is 6.08 Å². The summed E-state index contributed by atoms with van der Waals surface area (Å²) in [7, 11) is 0. The average Bonchev–Trinajstić information content (AvgIpc) is 2.93. The van der Waals surface area contributed by atoms with E-state index in [1.165, 1.54) is 0 Å². The number of hydrazine groups is 1. The predicted molar refractivity (Wildman–Crippen MR) is 92.3 cm³/mol. The molecule has 0 aromatic carbocycles. The SMILES string of the molecule is CC1(C)CC1C(=O)NC(=CCCCCCNN1C=NCC1)C(=O)O. The van der Waals surface area contributed by atoms with E-state index in [2.05, 4.69) is 15.7 Å². The number of rotatable bonds is 10. The summed E-state index contributed by atoms with van der Waals surface area (Å²) in [4.78, 5) is 27.4. The van der Waals surface area contributed by atoms with Crippen LogP contribution < -0.4 is 10.7 Å². The summed E-state index contributed by atoms with van der Waals surface area (Å²) in [6.45, 7) is 6.68. The molecule has 7 nitrogen and oxygen atoms in total. The van der Waals surface area contributed by atoms with Crippen LogP contribution in [0.15, 0.2) is 16.8 Å². The molecule has 0 aromatic heterocycles. The van der Waals surface area contributed by atoms with Crippen molar-refractivity contribution in [2.45, 2.75) is 46.0 Å². The summed E-state index contributed by atoms with van der Waals surface area (Å²) in [6, 6.07) is 0. The van der Waals surface area contributed by atoms with Gasteiger partial charge >= 0.3 is 5.97 Å². The third-order valence-electron chi connectivity index (χ3n) is 4.55. The highest BCUT2D eigenvalue weighted by atomic mass is 16.4. The van der Waals surface area contributed by atoms with Crippen LogP contribution in [0.2, 0.25) is 0 Å². The normalized spacial score (nSPS) is 21.8. The number of nitrogens with one attached hydrogen (secondary N) is 2. The molecule has 1 aliphatic heterocycles. The van der Waals surface area contributed by atoms with E-state index >= 15 is 0 Å². The number of aliphatic imine (C=N–C) groups is 1. The van der Waals surface area contributed by atoms with Gasteiger partial charge in [-0.05, 0) is 31.1 Å². The number of unbranched alkanes of at least 4 members (excludes halogenated alkanes) is 3. The number of amides is 1. The van der Waals surface area contributed by atoms with Gasteiger partial charge in [0, 0.05) is 12.5 Å². The highest BCUT2D eigenvalue weighted by Crippen LogP contribution is 2.51. The molecule has 0 bridgehead atoms. The van der Waals surface area contributed by atoms with Gasteiger partial charge in [-0.15, -0.1) is 0 Å². The highest BCUT2D eigenvalue weighted by Gasteiger charge is 2.50. The molecule has 134 valence electrons. The lowest BCUT2D eigenvalue weighted by Crippen LogP contribution is -2.35. The largest absolute Gasteiger partial charge is 0.477 e. The first kappa shape index (κ1) is 18.4. The van der Waals surface area contributed by atoms with Crippen molar-refractivity contribution in [3.8, 4) is 0 Å². The molecule has 1 amide bonds. The van der Waals surface area contributed by atoms with Crippen LogP contribution in [0.25, 0.3) is 0 Å². The molecule has 7 heteroatoms. The summed E-state index contributed by atoms with van der Waals surface area (Å²) in [6.07, 6.45) is 7.83. The van der Waals surface area contributed by atoms with Crippen molar-refractivity contribution >= 4 is 18.2 Å². The molecule has 1 heterocycles. The number of nitrogens with zero attached hydrogens (tertiary/aromatic N) is 2. The fourth-order valence-electron chi connectivity index (χ4n) is 2.74. The standard InChI is InChI=1S/C17H28N4O3/c1-17(2)11-13(17)15(22)20-14(16(23)24)7-5-3-4-6-8-19-21-10-9-18-12-21/h7,12-13,19H,3-6,8-11H2,1-2H3,(H,20,22)(H,23,24). The molecule has 0 saturated heterocycles. The number of carbonyl (C=O) groups excluding carboxylic acids is 1. The fraction of sp³-hybridized carbons (Fsp3) is 0.706. The lowest BCUT2D eigenvalue weighted by atomic mass is 10.1. The van der Waals surface area contributed by atoms with Crippen LogP contribution in [0.3, 0.4) is 0 Å². The number of aliphatic carboxylic acids is 1. The Balaban J connectivity index is 1.61. The van der Waals surface area contributed by atoms with E-state index in [4.69, 9.17) is 0 Å². The summed E-state index contributed by atoms with van der Waals surface area (Å²) in [5.41, 5.74) is 3.28. The van der Waals surface area contributed by atoms with Gasteiger partial charge in [0.1, 0.15) is 5.70 Å². The number of carboxylic acid groups (broad SMARTS) is 1. The molecule has 1 fully saturated rings. The van der Waals surface area contributed by atoms with Crippen molar-refractivity contribution in [2.24, 2.45) is 16.3 Å². The molecule has 0 spiro atoms. The first-order chi connectivity index (χ1) is 11.4. The van der Waals surface area contributed by atoms with E-state index in [9.17, 15) is 14.7 Å². The molecule has 2 rings (SSSR count). The minimum atomic E-state index is -1.07. The minimum Gasteiger partial charge on any atom is -0.477 e. The topological polar surface area (TPSA) is 94.0 Å². The van der Waals surface area contributed by atoms with Crippen LogP contribution in [-0.2, 0) is 9.59 Å². The minimum absolute atomic E-state index is 0.000740. The Morgan fingerprint density at radius 2 is 2.12 bits per heavy atom. The maximum Gasteiger partial charge on any atom is 0.352 e. The zero-order valence-corrected chi connectivity index (χ0v) is 14.5. The molecular formula is C17H28N4O3. The monoisotopic (exact) mass is 336 g/mol. The Labute approximate surface area is 143 Å². The van der Waals surface area contributed by atoms with Gasteiger partial charge in [0.05, 0.1) is 19.4 Å². The zero-order chi connectivity index (χ0) is 17.6. The number of carboxylic acids is 1. The number of hydrogen-bond donors (Lipinski definition) is 3. The predicted octanol–water partition coefficient (Wildman–Crippen LogP) is 1.53. The van der Waals surface area contributed by atoms with E-state index in [1.807, 2.05) is 25.2 Å². The highest BCUT2D eigenvalue weighted by molar-refractivity contribution is 5.94. The molecular weight excluding hydrogens is 308 g/mol. The van der Waals surface area contributed by atoms with Gasteiger partial charge in [-0.1, -0.05) is 26.3 Å². The van der Waals surface area contributed by atoms with Gasteiger partial charge in [-0.25, -0.2) is 10.2 Å². The Kier molecular flexibility index (Phi) is 6.36. The number of carbonyl (C=O) groups is 2. The van der Waals surface area contributed by atoms with Gasteiger partial charge in [-0.2, -0.15) is 0 Å². The first-order valence-electron chi connectivity index (χ1n) is 8.64. The van der Waals surface area contributed by atoms with Crippen LogP contribution in [-0.4, -0.2) is 48.0 Å². The lowest BCUT2D eigenvalue weighted by Gasteiger charge is -2.14. The molecule has 3 N–H and O–H groups in total. The Morgan fingerprint density at radius 3 is 2.71 bits per heavy atom. The van der Waals surface area contributed by atoms with Crippen LogP contribution >= 0.6 is 0 Å². The van der Waals surface area contributed by atoms with E-state index in [0.717, 1.165) is 45.3 Å². The van der Waals surface area contributed by atoms with Crippen molar-refractivity contribution in [3.05, 3.63) is 11.8 Å². The summed E-state index contributed by atoms with van der Waals surface area (Å²) >= 11 is 0. The lowest BCUT2D eigenvalue weighted by molar-refractivity contribution is -0.135. The number of allylic oxidation sites excluding steroid dienone is 1. The maximum atomic E-state index is 12.0. The Bertz CT molecular complexity index is 528. The molecule has 0 radical (unpaired) electrons.